The van der Waals surface area contributed by atoms with Crippen LogP contribution in [0.5, 0.6) is 0 Å². The molecular formula is C20H16N2OS. The number of carbonyl (C=O) groups is 1. The van der Waals surface area contributed by atoms with Gasteiger partial charge in [0.05, 0.1) is 16.8 Å². The molecule has 0 radical (unpaired) electrons. The molecule has 4 heteroatoms. The number of carbonyl (C=O) groups excluding carboxylic acids is 1. The van der Waals surface area contributed by atoms with E-state index in [-0.39, 0.29) is 11.5 Å². The van der Waals surface area contributed by atoms with Crippen molar-refractivity contribution in [1.29, 1.82) is 5.26 Å². The van der Waals surface area contributed by atoms with Crippen molar-refractivity contribution >= 4 is 28.4 Å². The smallest absolute Gasteiger partial charge is 0.173 e. The van der Waals surface area contributed by atoms with Crippen LogP contribution in [0.3, 0.4) is 0 Å². The van der Waals surface area contributed by atoms with Gasteiger partial charge < -0.3 is 0 Å². The molecule has 3 rings (SSSR count). The Kier molecular flexibility index (Phi) is 4.64. The highest BCUT2D eigenvalue weighted by Gasteiger charge is 2.12. The molecule has 0 bridgehead atoms. The van der Waals surface area contributed by atoms with Crippen LogP contribution in [-0.2, 0) is 0 Å². The summed E-state index contributed by atoms with van der Waals surface area (Å²) in [6.07, 6.45) is 0. The summed E-state index contributed by atoms with van der Waals surface area (Å²) in [5.41, 5.74) is 4.29. The summed E-state index contributed by atoms with van der Waals surface area (Å²) < 4.78 is 0. The predicted molar refractivity (Wildman–Crippen MR) is 97.4 cm³/mol. The number of aromatic nitrogens is 1. The standard InChI is InChI=1S/C20H16N2OS/c1-13-8-14(2)17-10-16(11-21)20(22-18(17)9-13)24-12-19(23)15-6-4-3-5-7-15/h3-10H,12H2,1-2H3. The lowest BCUT2D eigenvalue weighted by Crippen LogP contribution is -2.03. The third-order valence-corrected chi connectivity index (χ3v) is 4.80. The highest BCUT2D eigenvalue weighted by molar-refractivity contribution is 8.00. The number of rotatable bonds is 4. The average Bonchev–Trinajstić information content (AvgIpc) is 2.59. The van der Waals surface area contributed by atoms with E-state index >= 15 is 0 Å². The number of nitriles is 1. The lowest BCUT2D eigenvalue weighted by atomic mass is 10.1. The second-order valence-corrected chi connectivity index (χ2v) is 6.64. The van der Waals surface area contributed by atoms with E-state index in [9.17, 15) is 10.1 Å². The third-order valence-electron chi connectivity index (χ3n) is 3.81. The average molecular weight is 332 g/mol. The fraction of sp³-hybridized carbons (Fsp3) is 0.150. The first-order valence-electron chi connectivity index (χ1n) is 7.61. The first-order chi connectivity index (χ1) is 11.6. The highest BCUT2D eigenvalue weighted by Crippen LogP contribution is 2.27. The first kappa shape index (κ1) is 16.2. The Hall–Kier alpha value is -2.64. The number of Topliss-reactive ketones (excluding diaryl/α,β-unsaturated/α-hetero) is 1. The molecule has 0 amide bonds. The molecule has 0 aliphatic heterocycles. The van der Waals surface area contributed by atoms with Gasteiger partial charge in [-0.2, -0.15) is 5.26 Å². The summed E-state index contributed by atoms with van der Waals surface area (Å²) in [7, 11) is 0. The van der Waals surface area contributed by atoms with Gasteiger partial charge in [-0.05, 0) is 37.1 Å². The van der Waals surface area contributed by atoms with Gasteiger partial charge in [-0.1, -0.05) is 48.2 Å². The molecule has 0 saturated carbocycles. The SMILES string of the molecule is Cc1cc(C)c2cc(C#N)c(SCC(=O)c3ccccc3)nc2c1. The number of thioether (sulfide) groups is 1. The van der Waals surface area contributed by atoms with E-state index in [1.165, 1.54) is 11.8 Å². The Balaban J connectivity index is 1.91. The van der Waals surface area contributed by atoms with Crippen LogP contribution in [0.25, 0.3) is 10.9 Å². The predicted octanol–water partition coefficient (Wildman–Crippen LogP) is 4.70. The van der Waals surface area contributed by atoms with E-state index in [2.05, 4.69) is 17.1 Å². The number of aryl methyl sites for hydroxylation is 2. The summed E-state index contributed by atoms with van der Waals surface area (Å²) in [5, 5.41) is 11.0. The zero-order chi connectivity index (χ0) is 17.1. The molecule has 0 spiro atoms. The fourth-order valence-electron chi connectivity index (χ4n) is 2.64. The Morgan fingerprint density at radius 1 is 1.17 bits per heavy atom. The Bertz CT molecular complexity index is 959. The number of hydrogen-bond acceptors (Lipinski definition) is 4. The van der Waals surface area contributed by atoms with Gasteiger partial charge in [0, 0.05) is 10.9 Å². The Labute approximate surface area is 145 Å². The van der Waals surface area contributed by atoms with Crippen molar-refractivity contribution in [3.05, 3.63) is 70.8 Å². The van der Waals surface area contributed by atoms with E-state index < -0.39 is 0 Å². The number of pyridine rings is 1. The first-order valence-corrected chi connectivity index (χ1v) is 8.60. The van der Waals surface area contributed by atoms with Crippen LogP contribution < -0.4 is 0 Å². The van der Waals surface area contributed by atoms with Crippen LogP contribution in [0.2, 0.25) is 0 Å². The summed E-state index contributed by atoms with van der Waals surface area (Å²) in [4.78, 5) is 16.9. The lowest BCUT2D eigenvalue weighted by Gasteiger charge is -2.08. The molecular weight excluding hydrogens is 316 g/mol. The molecule has 3 aromatic rings. The van der Waals surface area contributed by atoms with Gasteiger partial charge in [0.2, 0.25) is 0 Å². The largest absolute Gasteiger partial charge is 0.293 e. The fourth-order valence-corrected chi connectivity index (χ4v) is 3.50. The van der Waals surface area contributed by atoms with E-state index in [4.69, 9.17) is 0 Å². The van der Waals surface area contributed by atoms with Gasteiger partial charge in [-0.25, -0.2) is 4.98 Å². The zero-order valence-corrected chi connectivity index (χ0v) is 14.4. The van der Waals surface area contributed by atoms with Crippen molar-refractivity contribution in [1.82, 2.24) is 4.98 Å². The van der Waals surface area contributed by atoms with Crippen LogP contribution in [0.4, 0.5) is 0 Å². The summed E-state index contributed by atoms with van der Waals surface area (Å²) in [6, 6.07) is 17.3. The maximum absolute atomic E-state index is 12.3. The maximum atomic E-state index is 12.3. The number of hydrogen-bond donors (Lipinski definition) is 0. The minimum Gasteiger partial charge on any atom is -0.293 e. The molecule has 2 aromatic carbocycles. The molecule has 0 fully saturated rings. The molecule has 24 heavy (non-hydrogen) atoms. The van der Waals surface area contributed by atoms with E-state index in [1.807, 2.05) is 44.2 Å². The van der Waals surface area contributed by atoms with Crippen LogP contribution in [-0.4, -0.2) is 16.5 Å². The van der Waals surface area contributed by atoms with Crippen molar-refractivity contribution in [2.75, 3.05) is 5.75 Å². The zero-order valence-electron chi connectivity index (χ0n) is 13.5. The molecule has 3 nitrogen and oxygen atoms in total. The summed E-state index contributed by atoms with van der Waals surface area (Å²) >= 11 is 1.32. The summed E-state index contributed by atoms with van der Waals surface area (Å²) in [6.45, 7) is 4.04. The molecule has 0 N–H and O–H groups in total. The lowest BCUT2D eigenvalue weighted by molar-refractivity contribution is 0.102. The van der Waals surface area contributed by atoms with Crippen molar-refractivity contribution in [3.63, 3.8) is 0 Å². The second-order valence-electron chi connectivity index (χ2n) is 5.68. The second kappa shape index (κ2) is 6.86. The molecule has 0 saturated heterocycles. The minimum atomic E-state index is 0.0341. The van der Waals surface area contributed by atoms with Crippen LogP contribution in [0.1, 0.15) is 27.0 Å². The molecule has 1 heterocycles. The number of nitrogens with zero attached hydrogens (tertiary/aromatic N) is 2. The van der Waals surface area contributed by atoms with Gasteiger partial charge in [-0.15, -0.1) is 0 Å². The van der Waals surface area contributed by atoms with Crippen LogP contribution in [0, 0.1) is 25.2 Å². The third kappa shape index (κ3) is 3.32. The van der Waals surface area contributed by atoms with Crippen LogP contribution >= 0.6 is 11.8 Å². The Morgan fingerprint density at radius 2 is 1.92 bits per heavy atom. The van der Waals surface area contributed by atoms with Crippen molar-refractivity contribution < 1.29 is 4.79 Å². The Morgan fingerprint density at radius 3 is 2.62 bits per heavy atom. The van der Waals surface area contributed by atoms with Crippen molar-refractivity contribution in [3.8, 4) is 6.07 Å². The highest BCUT2D eigenvalue weighted by atomic mass is 32.2. The van der Waals surface area contributed by atoms with Gasteiger partial charge in [0.15, 0.2) is 5.78 Å². The van der Waals surface area contributed by atoms with E-state index in [0.29, 0.717) is 16.2 Å². The normalized spacial score (nSPS) is 10.5. The quantitative estimate of drug-likeness (QED) is 0.513. The van der Waals surface area contributed by atoms with Gasteiger partial charge in [-0.3, -0.25) is 4.79 Å². The van der Waals surface area contributed by atoms with Crippen molar-refractivity contribution in [2.24, 2.45) is 0 Å². The van der Waals surface area contributed by atoms with Gasteiger partial charge in [0.1, 0.15) is 11.1 Å². The van der Waals surface area contributed by atoms with Crippen LogP contribution in [0.15, 0.2) is 53.6 Å². The molecule has 1 aromatic heterocycles. The minimum absolute atomic E-state index is 0.0341. The molecule has 118 valence electrons. The van der Waals surface area contributed by atoms with E-state index in [0.717, 1.165) is 22.0 Å². The number of benzene rings is 2. The number of ketones is 1. The monoisotopic (exact) mass is 332 g/mol. The molecule has 0 aliphatic rings. The van der Waals surface area contributed by atoms with Gasteiger partial charge in [0.25, 0.3) is 0 Å². The van der Waals surface area contributed by atoms with Gasteiger partial charge >= 0.3 is 0 Å². The maximum Gasteiger partial charge on any atom is 0.173 e. The topological polar surface area (TPSA) is 53.8 Å². The summed E-state index contributed by atoms with van der Waals surface area (Å²) in [5.74, 6) is 0.300. The molecule has 0 atom stereocenters. The molecule has 0 unspecified atom stereocenters. The molecule has 0 aliphatic carbocycles. The van der Waals surface area contributed by atoms with Crippen molar-refractivity contribution in [2.45, 2.75) is 18.9 Å². The van der Waals surface area contributed by atoms with E-state index in [1.54, 1.807) is 12.1 Å². The number of fused-ring (bicyclic) bond motifs is 1.